The van der Waals surface area contributed by atoms with E-state index in [-0.39, 0.29) is 5.54 Å². The highest BCUT2D eigenvalue weighted by Crippen LogP contribution is 2.39. The maximum absolute atomic E-state index is 9.00. The molecule has 2 nitrogen and oxygen atoms in total. The van der Waals surface area contributed by atoms with Crippen LogP contribution < -0.4 is 5.32 Å². The fourth-order valence-corrected chi connectivity index (χ4v) is 1.77. The molecule has 12 heavy (non-hydrogen) atoms. The first-order valence-electron chi connectivity index (χ1n) is 4.64. The molecular formula is C10H18N2. The molecule has 1 saturated carbocycles. The Kier molecular flexibility index (Phi) is 2.44. The zero-order valence-electron chi connectivity index (χ0n) is 8.28. The van der Waals surface area contributed by atoms with Crippen molar-refractivity contribution in [3.63, 3.8) is 0 Å². The molecule has 1 N–H and O–H groups in total. The van der Waals surface area contributed by atoms with Crippen LogP contribution >= 0.6 is 0 Å². The van der Waals surface area contributed by atoms with Crippen molar-refractivity contribution in [3.05, 3.63) is 0 Å². The minimum atomic E-state index is -0.227. The molecule has 0 aromatic rings. The minimum Gasteiger partial charge on any atom is -0.302 e. The number of hydrogen-bond acceptors (Lipinski definition) is 2. The van der Waals surface area contributed by atoms with Crippen LogP contribution in [0.1, 0.15) is 39.5 Å². The van der Waals surface area contributed by atoms with Gasteiger partial charge in [-0.25, -0.2) is 0 Å². The highest BCUT2D eigenvalue weighted by Gasteiger charge is 2.37. The second-order valence-electron chi connectivity index (χ2n) is 4.61. The normalized spacial score (nSPS) is 26.2. The number of nitriles is 1. The van der Waals surface area contributed by atoms with E-state index < -0.39 is 0 Å². The fraction of sp³-hybridized carbons (Fsp3) is 0.900. The van der Waals surface area contributed by atoms with Crippen molar-refractivity contribution in [3.8, 4) is 6.07 Å². The molecule has 0 amide bonds. The van der Waals surface area contributed by atoms with Crippen molar-refractivity contribution in [1.82, 2.24) is 5.32 Å². The summed E-state index contributed by atoms with van der Waals surface area (Å²) >= 11 is 0. The molecule has 0 spiro atoms. The van der Waals surface area contributed by atoms with Crippen LogP contribution in [0.5, 0.6) is 0 Å². The average Bonchev–Trinajstić information content (AvgIpc) is 2.06. The Morgan fingerprint density at radius 1 is 1.17 bits per heavy atom. The summed E-state index contributed by atoms with van der Waals surface area (Å²) in [4.78, 5) is 0. The summed E-state index contributed by atoms with van der Waals surface area (Å²) in [5.74, 6) is 0. The van der Waals surface area contributed by atoms with Gasteiger partial charge in [-0.05, 0) is 38.1 Å². The predicted octanol–water partition coefficient (Wildman–Crippen LogP) is 2.07. The fourth-order valence-electron chi connectivity index (χ4n) is 1.77. The van der Waals surface area contributed by atoms with Gasteiger partial charge in [0.1, 0.15) is 5.54 Å². The number of nitrogens with zero attached hydrogens (tertiary/aromatic N) is 1. The predicted molar refractivity (Wildman–Crippen MR) is 49.7 cm³/mol. The lowest BCUT2D eigenvalue weighted by Crippen LogP contribution is -2.46. The zero-order valence-corrected chi connectivity index (χ0v) is 8.28. The monoisotopic (exact) mass is 166 g/mol. The van der Waals surface area contributed by atoms with Gasteiger partial charge in [-0.15, -0.1) is 0 Å². The highest BCUT2D eigenvalue weighted by atomic mass is 14.9. The van der Waals surface area contributed by atoms with E-state index in [0.29, 0.717) is 5.41 Å². The third kappa shape index (κ3) is 1.78. The molecule has 68 valence electrons. The summed E-state index contributed by atoms with van der Waals surface area (Å²) in [5.41, 5.74) is 0.215. The summed E-state index contributed by atoms with van der Waals surface area (Å²) in [6.07, 6.45) is 4.29. The summed E-state index contributed by atoms with van der Waals surface area (Å²) in [5, 5.41) is 12.1. The van der Waals surface area contributed by atoms with Crippen LogP contribution in [0.25, 0.3) is 0 Å². The molecule has 0 atom stereocenters. The molecule has 0 aliphatic heterocycles. The van der Waals surface area contributed by atoms with E-state index in [9.17, 15) is 0 Å². The van der Waals surface area contributed by atoms with Crippen LogP contribution in [0.4, 0.5) is 0 Å². The van der Waals surface area contributed by atoms with Gasteiger partial charge in [0, 0.05) is 0 Å². The number of hydrogen-bond donors (Lipinski definition) is 1. The van der Waals surface area contributed by atoms with Gasteiger partial charge in [-0.2, -0.15) is 5.26 Å². The Balaban J connectivity index is 2.61. The standard InChI is InChI=1S/C10H18N2/c1-9(2)4-6-10(8-11,12-3)7-5-9/h12H,4-7H2,1-3H3. The molecule has 0 saturated heterocycles. The molecule has 0 bridgehead atoms. The van der Waals surface area contributed by atoms with E-state index >= 15 is 0 Å². The Bertz CT molecular complexity index is 190. The smallest absolute Gasteiger partial charge is 0.106 e. The van der Waals surface area contributed by atoms with Crippen LogP contribution in [0.3, 0.4) is 0 Å². The van der Waals surface area contributed by atoms with Crippen LogP contribution in [-0.4, -0.2) is 12.6 Å². The molecule has 0 heterocycles. The lowest BCUT2D eigenvalue weighted by atomic mass is 9.70. The van der Waals surface area contributed by atoms with Gasteiger partial charge >= 0.3 is 0 Å². The van der Waals surface area contributed by atoms with Gasteiger partial charge in [0.05, 0.1) is 6.07 Å². The van der Waals surface area contributed by atoms with E-state index in [0.717, 1.165) is 25.7 Å². The average molecular weight is 166 g/mol. The molecule has 1 rings (SSSR count). The number of nitrogens with one attached hydrogen (secondary N) is 1. The Labute approximate surface area is 75.0 Å². The molecule has 2 heteroatoms. The van der Waals surface area contributed by atoms with Crippen molar-refractivity contribution in [2.24, 2.45) is 5.41 Å². The van der Waals surface area contributed by atoms with Crippen LogP contribution in [0, 0.1) is 16.7 Å². The molecule has 0 radical (unpaired) electrons. The molecule has 1 fully saturated rings. The zero-order chi connectivity index (χ0) is 9.24. The summed E-state index contributed by atoms with van der Waals surface area (Å²) in [7, 11) is 1.89. The molecule has 1 aliphatic carbocycles. The van der Waals surface area contributed by atoms with Crippen molar-refractivity contribution >= 4 is 0 Å². The van der Waals surface area contributed by atoms with Gasteiger partial charge in [-0.3, -0.25) is 0 Å². The lowest BCUT2D eigenvalue weighted by molar-refractivity contribution is 0.177. The third-order valence-electron chi connectivity index (χ3n) is 3.15. The van der Waals surface area contributed by atoms with Crippen LogP contribution in [0.15, 0.2) is 0 Å². The maximum Gasteiger partial charge on any atom is 0.106 e. The minimum absolute atomic E-state index is 0.227. The van der Waals surface area contributed by atoms with Gasteiger partial charge in [0.2, 0.25) is 0 Å². The van der Waals surface area contributed by atoms with Gasteiger partial charge in [0.15, 0.2) is 0 Å². The second kappa shape index (κ2) is 3.06. The van der Waals surface area contributed by atoms with Crippen LogP contribution in [0.2, 0.25) is 0 Å². The molecule has 0 aromatic carbocycles. The first kappa shape index (κ1) is 9.54. The topological polar surface area (TPSA) is 35.8 Å². The highest BCUT2D eigenvalue weighted by molar-refractivity contribution is 5.09. The number of rotatable bonds is 1. The Hall–Kier alpha value is -0.550. The molecule has 0 unspecified atom stereocenters. The Morgan fingerprint density at radius 2 is 1.67 bits per heavy atom. The van der Waals surface area contributed by atoms with Gasteiger partial charge < -0.3 is 5.32 Å². The first-order chi connectivity index (χ1) is 5.54. The van der Waals surface area contributed by atoms with E-state index in [1.165, 1.54) is 0 Å². The maximum atomic E-state index is 9.00. The van der Waals surface area contributed by atoms with Crippen molar-refractivity contribution in [2.45, 2.75) is 45.1 Å². The van der Waals surface area contributed by atoms with Gasteiger partial charge in [-0.1, -0.05) is 13.8 Å². The first-order valence-corrected chi connectivity index (χ1v) is 4.64. The molecule has 0 aromatic heterocycles. The quantitative estimate of drug-likeness (QED) is 0.647. The van der Waals surface area contributed by atoms with E-state index in [2.05, 4.69) is 25.2 Å². The lowest BCUT2D eigenvalue weighted by Gasteiger charge is -2.39. The summed E-state index contributed by atoms with van der Waals surface area (Å²) < 4.78 is 0. The Morgan fingerprint density at radius 3 is 2.00 bits per heavy atom. The molecular weight excluding hydrogens is 148 g/mol. The van der Waals surface area contributed by atoms with Crippen molar-refractivity contribution < 1.29 is 0 Å². The molecule has 1 aliphatic rings. The van der Waals surface area contributed by atoms with Crippen LogP contribution in [-0.2, 0) is 0 Å². The summed E-state index contributed by atoms with van der Waals surface area (Å²) in [6.45, 7) is 4.56. The van der Waals surface area contributed by atoms with E-state index in [1.807, 2.05) is 7.05 Å². The second-order valence-corrected chi connectivity index (χ2v) is 4.61. The SMILES string of the molecule is CNC1(C#N)CCC(C)(C)CC1. The summed E-state index contributed by atoms with van der Waals surface area (Å²) in [6, 6.07) is 2.39. The third-order valence-corrected chi connectivity index (χ3v) is 3.15. The van der Waals surface area contributed by atoms with Crippen molar-refractivity contribution in [2.75, 3.05) is 7.05 Å². The van der Waals surface area contributed by atoms with E-state index in [4.69, 9.17) is 5.26 Å². The van der Waals surface area contributed by atoms with Gasteiger partial charge in [0.25, 0.3) is 0 Å². The van der Waals surface area contributed by atoms with Crippen molar-refractivity contribution in [1.29, 1.82) is 5.26 Å². The van der Waals surface area contributed by atoms with E-state index in [1.54, 1.807) is 0 Å². The largest absolute Gasteiger partial charge is 0.302 e.